The first-order chi connectivity index (χ1) is 15.0. The molecule has 5 N–H and O–H groups in total. The number of nitrogens with zero attached hydrogens (tertiary/aromatic N) is 3. The lowest BCUT2D eigenvalue weighted by molar-refractivity contribution is -0.192. The summed E-state index contributed by atoms with van der Waals surface area (Å²) in [6.07, 6.45) is -4.32. The molecule has 0 aliphatic carbocycles. The van der Waals surface area contributed by atoms with Gasteiger partial charge < -0.3 is 26.2 Å². The van der Waals surface area contributed by atoms with Crippen molar-refractivity contribution in [3.05, 3.63) is 47.5 Å². The smallest absolute Gasteiger partial charge is 0.490 e. The van der Waals surface area contributed by atoms with Gasteiger partial charge in [0.15, 0.2) is 0 Å². The van der Waals surface area contributed by atoms with Gasteiger partial charge in [-0.1, -0.05) is 6.07 Å². The summed E-state index contributed by atoms with van der Waals surface area (Å²) in [6.45, 7) is 2.65. The number of alkyl halides is 3. The number of hydrogen-bond acceptors (Lipinski definition) is 7. The summed E-state index contributed by atoms with van der Waals surface area (Å²) in [6, 6.07) is 11.9. The standard InChI is InChI=1S/C19H23N5O.C2HF3O2/c1-12-4-9-16-17(15(12)10-11-20)18(23-19(21)22-16)24(2)13-5-7-14(25-3)8-6-13;3-2(4,5)1(6)7/h4-9H,10-11,20H2,1-3H3,(H2,21,22,23);(H,6,7). The molecule has 1 heterocycles. The molecular weight excluding hydrogens is 427 g/mol. The summed E-state index contributed by atoms with van der Waals surface area (Å²) in [4.78, 5) is 19.8. The van der Waals surface area contributed by atoms with Crippen molar-refractivity contribution in [1.82, 2.24) is 9.97 Å². The summed E-state index contributed by atoms with van der Waals surface area (Å²) in [7, 11) is 3.62. The third kappa shape index (κ3) is 5.76. The minimum absolute atomic E-state index is 0.255. The molecule has 11 heteroatoms. The quantitative estimate of drug-likeness (QED) is 0.538. The van der Waals surface area contributed by atoms with Crippen LogP contribution in [0.5, 0.6) is 5.75 Å². The van der Waals surface area contributed by atoms with Gasteiger partial charge in [0.25, 0.3) is 0 Å². The van der Waals surface area contributed by atoms with Crippen LogP contribution in [0, 0.1) is 6.92 Å². The Balaban J connectivity index is 0.000000451. The Labute approximate surface area is 182 Å². The predicted octanol–water partition coefficient (Wildman–Crippen LogP) is 3.43. The van der Waals surface area contributed by atoms with E-state index in [0.29, 0.717) is 6.54 Å². The monoisotopic (exact) mass is 451 g/mol. The van der Waals surface area contributed by atoms with E-state index in [9.17, 15) is 13.2 Å². The molecule has 3 rings (SSSR count). The molecule has 0 unspecified atom stereocenters. The largest absolute Gasteiger partial charge is 0.497 e. The zero-order valence-electron chi connectivity index (χ0n) is 17.8. The fourth-order valence-electron chi connectivity index (χ4n) is 3.03. The Hall–Kier alpha value is -3.60. The Kier molecular flexibility index (Phi) is 7.82. The molecule has 0 radical (unpaired) electrons. The van der Waals surface area contributed by atoms with Gasteiger partial charge in [0, 0.05) is 18.1 Å². The Morgan fingerprint density at radius 2 is 1.75 bits per heavy atom. The first kappa shape index (κ1) is 24.7. The number of ether oxygens (including phenoxy) is 1. The van der Waals surface area contributed by atoms with Gasteiger partial charge in [0.1, 0.15) is 11.6 Å². The number of aromatic nitrogens is 2. The van der Waals surface area contributed by atoms with Gasteiger partial charge in [-0.2, -0.15) is 18.2 Å². The minimum atomic E-state index is -5.08. The second-order valence-electron chi connectivity index (χ2n) is 6.76. The lowest BCUT2D eigenvalue weighted by Gasteiger charge is -2.22. The average molecular weight is 451 g/mol. The van der Waals surface area contributed by atoms with Gasteiger partial charge in [-0.3, -0.25) is 0 Å². The van der Waals surface area contributed by atoms with Crippen molar-refractivity contribution < 1.29 is 27.8 Å². The van der Waals surface area contributed by atoms with Crippen LogP contribution >= 0.6 is 0 Å². The first-order valence-corrected chi connectivity index (χ1v) is 9.43. The van der Waals surface area contributed by atoms with Crippen LogP contribution in [0.3, 0.4) is 0 Å². The van der Waals surface area contributed by atoms with Gasteiger partial charge in [-0.05, 0) is 61.3 Å². The fraction of sp³-hybridized carbons (Fsp3) is 0.286. The molecule has 0 aliphatic heterocycles. The van der Waals surface area contributed by atoms with Crippen LogP contribution in [0.2, 0.25) is 0 Å². The summed E-state index contributed by atoms with van der Waals surface area (Å²) in [5.74, 6) is -0.915. The molecule has 0 bridgehead atoms. The van der Waals surface area contributed by atoms with Crippen molar-refractivity contribution >= 4 is 34.3 Å². The number of carbonyl (C=O) groups is 1. The van der Waals surface area contributed by atoms with E-state index in [1.54, 1.807) is 7.11 Å². The van der Waals surface area contributed by atoms with E-state index >= 15 is 0 Å². The Morgan fingerprint density at radius 3 is 2.25 bits per heavy atom. The van der Waals surface area contributed by atoms with Crippen LogP contribution in [-0.4, -0.2) is 47.9 Å². The highest BCUT2D eigenvalue weighted by Gasteiger charge is 2.38. The molecule has 0 saturated carbocycles. The summed E-state index contributed by atoms with van der Waals surface area (Å²) in [5, 5.41) is 8.12. The molecule has 0 saturated heterocycles. The van der Waals surface area contributed by atoms with Crippen molar-refractivity contribution in [3.8, 4) is 5.75 Å². The zero-order valence-corrected chi connectivity index (χ0v) is 17.8. The van der Waals surface area contributed by atoms with Gasteiger partial charge in [0.05, 0.1) is 12.6 Å². The molecule has 0 aliphatic rings. The van der Waals surface area contributed by atoms with Crippen LogP contribution in [-0.2, 0) is 11.2 Å². The van der Waals surface area contributed by atoms with Crippen molar-refractivity contribution in [2.45, 2.75) is 19.5 Å². The van der Waals surface area contributed by atoms with E-state index < -0.39 is 12.1 Å². The van der Waals surface area contributed by atoms with E-state index in [1.165, 1.54) is 5.56 Å². The maximum atomic E-state index is 10.6. The summed E-state index contributed by atoms with van der Waals surface area (Å²) < 4.78 is 37.0. The summed E-state index contributed by atoms with van der Waals surface area (Å²) >= 11 is 0. The molecule has 32 heavy (non-hydrogen) atoms. The SMILES string of the molecule is COc1ccc(N(C)c2nc(N)nc3ccc(C)c(CCN)c23)cc1.O=C(O)C(F)(F)F. The number of methoxy groups -OCH3 is 1. The number of fused-ring (bicyclic) bond motifs is 1. The van der Waals surface area contributed by atoms with Crippen LogP contribution in [0.1, 0.15) is 11.1 Å². The molecule has 0 spiro atoms. The van der Waals surface area contributed by atoms with Gasteiger partial charge in [-0.15, -0.1) is 0 Å². The maximum absolute atomic E-state index is 10.6. The number of hydrogen-bond donors (Lipinski definition) is 3. The predicted molar refractivity (Wildman–Crippen MR) is 116 cm³/mol. The second-order valence-corrected chi connectivity index (χ2v) is 6.76. The topological polar surface area (TPSA) is 128 Å². The number of benzene rings is 2. The van der Waals surface area contributed by atoms with Gasteiger partial charge in [-0.25, -0.2) is 9.78 Å². The van der Waals surface area contributed by atoms with E-state index in [4.69, 9.17) is 26.1 Å². The number of aryl methyl sites for hydroxylation is 1. The lowest BCUT2D eigenvalue weighted by atomic mass is 9.99. The number of carboxylic acids is 1. The number of nitrogen functional groups attached to an aromatic ring is 1. The van der Waals surface area contributed by atoms with E-state index in [0.717, 1.165) is 40.1 Å². The lowest BCUT2D eigenvalue weighted by Crippen LogP contribution is -2.21. The van der Waals surface area contributed by atoms with Crippen LogP contribution in [0.25, 0.3) is 10.9 Å². The van der Waals surface area contributed by atoms with Crippen LogP contribution in [0.15, 0.2) is 36.4 Å². The number of aliphatic carboxylic acids is 1. The van der Waals surface area contributed by atoms with E-state index in [-0.39, 0.29) is 5.95 Å². The number of anilines is 3. The Bertz CT molecular complexity index is 1090. The van der Waals surface area contributed by atoms with Crippen molar-refractivity contribution in [1.29, 1.82) is 0 Å². The highest BCUT2D eigenvalue weighted by Crippen LogP contribution is 2.34. The molecule has 2 aromatic carbocycles. The molecule has 0 fully saturated rings. The summed E-state index contributed by atoms with van der Waals surface area (Å²) in [5.41, 5.74) is 15.9. The maximum Gasteiger partial charge on any atom is 0.490 e. The fourth-order valence-corrected chi connectivity index (χ4v) is 3.03. The molecule has 0 atom stereocenters. The average Bonchev–Trinajstić information content (AvgIpc) is 2.74. The van der Waals surface area contributed by atoms with Crippen molar-refractivity contribution in [3.63, 3.8) is 0 Å². The number of carboxylic acid groups (broad SMARTS) is 1. The highest BCUT2D eigenvalue weighted by molar-refractivity contribution is 5.95. The molecule has 1 aromatic heterocycles. The first-order valence-electron chi connectivity index (χ1n) is 9.43. The third-order valence-corrected chi connectivity index (χ3v) is 4.62. The van der Waals surface area contributed by atoms with Gasteiger partial charge >= 0.3 is 12.1 Å². The molecule has 8 nitrogen and oxygen atoms in total. The van der Waals surface area contributed by atoms with E-state index in [1.807, 2.05) is 42.3 Å². The number of nitrogens with two attached hydrogens (primary N) is 2. The Morgan fingerprint density at radius 1 is 1.16 bits per heavy atom. The number of halogens is 3. The highest BCUT2D eigenvalue weighted by atomic mass is 19.4. The number of rotatable bonds is 5. The minimum Gasteiger partial charge on any atom is -0.497 e. The molecule has 3 aromatic rings. The van der Waals surface area contributed by atoms with Gasteiger partial charge in [0.2, 0.25) is 5.95 Å². The van der Waals surface area contributed by atoms with Crippen molar-refractivity contribution in [2.24, 2.45) is 5.73 Å². The second kappa shape index (κ2) is 10.1. The zero-order chi connectivity index (χ0) is 24.1. The molecular formula is C21H24F3N5O3. The normalized spacial score (nSPS) is 11.0. The molecule has 0 amide bonds. The third-order valence-electron chi connectivity index (χ3n) is 4.62. The van der Waals surface area contributed by atoms with Crippen molar-refractivity contribution in [2.75, 3.05) is 31.3 Å². The molecule has 172 valence electrons. The van der Waals surface area contributed by atoms with E-state index in [2.05, 4.69) is 23.0 Å². The van der Waals surface area contributed by atoms with Crippen LogP contribution < -0.4 is 21.1 Å². The van der Waals surface area contributed by atoms with Crippen LogP contribution in [0.4, 0.5) is 30.6 Å².